The first-order chi connectivity index (χ1) is 16.9. The fourth-order valence-corrected chi connectivity index (χ4v) is 6.23. The summed E-state index contributed by atoms with van der Waals surface area (Å²) in [5, 5.41) is 4.76. The summed E-state index contributed by atoms with van der Waals surface area (Å²) in [7, 11) is -2.57. The molecule has 0 spiro atoms. The maximum atomic E-state index is 15.1. The quantitative estimate of drug-likeness (QED) is 0.284. The van der Waals surface area contributed by atoms with E-state index in [0.717, 1.165) is 23.5 Å². The Labute approximate surface area is 216 Å². The highest BCUT2D eigenvalue weighted by atomic mass is 35.5. The van der Waals surface area contributed by atoms with Crippen LogP contribution in [0.2, 0.25) is 9.36 Å². The van der Waals surface area contributed by atoms with Gasteiger partial charge in [-0.1, -0.05) is 23.2 Å². The number of nitrogens with zero attached hydrogens (tertiary/aromatic N) is 1. The van der Waals surface area contributed by atoms with E-state index in [9.17, 15) is 22.8 Å². The number of carbonyl (C=O) groups excluding carboxylic acids is 1. The Morgan fingerprint density at radius 2 is 1.83 bits per heavy atom. The van der Waals surface area contributed by atoms with Gasteiger partial charge in [-0.15, -0.1) is 11.3 Å². The minimum absolute atomic E-state index is 0.111. The first-order valence-electron chi connectivity index (χ1n) is 9.97. The number of fused-ring (bicyclic) bond motifs is 1. The van der Waals surface area contributed by atoms with Gasteiger partial charge in [-0.25, -0.2) is 31.7 Å². The Morgan fingerprint density at radius 1 is 1.11 bits per heavy atom. The van der Waals surface area contributed by atoms with E-state index in [1.54, 1.807) is 30.8 Å². The number of carbonyl (C=O) groups is 1. The molecule has 0 saturated carbocycles. The summed E-state index contributed by atoms with van der Waals surface area (Å²) in [6.07, 6.45) is 0. The Balaban J connectivity index is 1.66. The Hall–Kier alpha value is -3.39. The van der Waals surface area contributed by atoms with Crippen molar-refractivity contribution < 1.29 is 17.6 Å². The highest BCUT2D eigenvalue weighted by Gasteiger charge is 2.23. The number of hydrogen-bond donors (Lipinski definition) is 4. The van der Waals surface area contributed by atoms with Crippen LogP contribution in [0.3, 0.4) is 0 Å². The van der Waals surface area contributed by atoms with Crippen LogP contribution in [-0.2, 0) is 10.0 Å². The molecule has 4 rings (SSSR count). The number of thiophene rings is 1. The van der Waals surface area contributed by atoms with Gasteiger partial charge in [-0.05, 0) is 48.9 Å². The van der Waals surface area contributed by atoms with Crippen LogP contribution >= 0.6 is 34.5 Å². The molecule has 188 valence electrons. The molecule has 10 nitrogen and oxygen atoms in total. The van der Waals surface area contributed by atoms with Crippen LogP contribution in [0.1, 0.15) is 5.56 Å². The van der Waals surface area contributed by atoms with Gasteiger partial charge in [-0.2, -0.15) is 0 Å². The van der Waals surface area contributed by atoms with Gasteiger partial charge in [0.05, 0.1) is 20.3 Å². The molecule has 0 bridgehead atoms. The van der Waals surface area contributed by atoms with Crippen LogP contribution in [0.15, 0.2) is 50.2 Å². The average Bonchev–Trinajstić information content (AvgIpc) is 3.13. The van der Waals surface area contributed by atoms with Gasteiger partial charge in [0.1, 0.15) is 9.90 Å². The normalized spacial score (nSPS) is 11.5. The summed E-state index contributed by atoms with van der Waals surface area (Å²) in [6.45, 7) is 1.61. The van der Waals surface area contributed by atoms with Crippen molar-refractivity contribution in [1.82, 2.24) is 14.3 Å². The molecule has 0 aliphatic carbocycles. The predicted octanol–water partition coefficient (Wildman–Crippen LogP) is 4.05. The third kappa shape index (κ3) is 4.82. The third-order valence-corrected chi connectivity index (χ3v) is 8.66. The van der Waals surface area contributed by atoms with Gasteiger partial charge in [0.25, 0.3) is 15.6 Å². The van der Waals surface area contributed by atoms with Crippen molar-refractivity contribution >= 4 is 72.9 Å². The van der Waals surface area contributed by atoms with Crippen molar-refractivity contribution in [3.63, 3.8) is 0 Å². The number of anilines is 2. The van der Waals surface area contributed by atoms with Crippen LogP contribution < -0.4 is 26.6 Å². The van der Waals surface area contributed by atoms with E-state index in [1.807, 2.05) is 0 Å². The number of benzene rings is 2. The molecule has 2 aromatic carbocycles. The second-order valence-corrected chi connectivity index (χ2v) is 11.4. The Bertz CT molecular complexity index is 1720. The number of aryl methyl sites for hydroxylation is 1. The standard InChI is InChI=1S/C21H16Cl2FN5O5S2/c1-9-5-16(35-18(9)23)36(33,34)28-20(31)26-11-6-13(22)17(14(24)7-11)29-19(30)12-4-3-10(25-2)8-15(12)27-21(29)32/h3-8,25H,1-2H3,(H,27,32)(H2,26,28,31). The molecule has 2 amide bonds. The molecule has 0 fully saturated rings. The number of H-pyrrole nitrogens is 1. The summed E-state index contributed by atoms with van der Waals surface area (Å²) >= 11 is 12.8. The second-order valence-electron chi connectivity index (χ2n) is 7.45. The van der Waals surface area contributed by atoms with Crippen molar-refractivity contribution in [3.8, 4) is 5.69 Å². The van der Waals surface area contributed by atoms with Crippen LogP contribution in [0.4, 0.5) is 20.6 Å². The Kier molecular flexibility index (Phi) is 6.84. The molecule has 0 aliphatic heterocycles. The summed E-state index contributed by atoms with van der Waals surface area (Å²) in [4.78, 5) is 40.4. The van der Waals surface area contributed by atoms with E-state index in [2.05, 4.69) is 15.6 Å². The lowest BCUT2D eigenvalue weighted by Crippen LogP contribution is -2.35. The number of aromatic nitrogens is 2. The molecule has 0 radical (unpaired) electrons. The van der Waals surface area contributed by atoms with Crippen molar-refractivity contribution in [3.05, 3.63) is 78.0 Å². The number of sulfonamides is 1. The summed E-state index contributed by atoms with van der Waals surface area (Å²) in [5.41, 5.74) is -1.10. The lowest BCUT2D eigenvalue weighted by Gasteiger charge is -2.13. The molecule has 2 aromatic heterocycles. The first-order valence-corrected chi connectivity index (χ1v) is 13.0. The molecule has 0 aliphatic rings. The molecule has 4 aromatic rings. The molecule has 0 saturated heterocycles. The molecule has 4 N–H and O–H groups in total. The number of nitrogens with one attached hydrogen (secondary N) is 4. The predicted molar refractivity (Wildman–Crippen MR) is 138 cm³/mol. The van der Waals surface area contributed by atoms with Crippen molar-refractivity contribution in [2.75, 3.05) is 17.7 Å². The van der Waals surface area contributed by atoms with E-state index in [-0.39, 0.29) is 30.2 Å². The second kappa shape index (κ2) is 9.58. The molecule has 15 heteroatoms. The zero-order valence-electron chi connectivity index (χ0n) is 18.4. The van der Waals surface area contributed by atoms with Crippen LogP contribution in [0, 0.1) is 12.7 Å². The lowest BCUT2D eigenvalue weighted by molar-refractivity contribution is 0.256. The summed E-state index contributed by atoms with van der Waals surface area (Å²) in [5.74, 6) is -1.11. The number of aromatic amines is 1. The topological polar surface area (TPSA) is 142 Å². The highest BCUT2D eigenvalue weighted by Crippen LogP contribution is 2.30. The third-order valence-electron chi connectivity index (χ3n) is 5.01. The number of rotatable bonds is 5. The monoisotopic (exact) mass is 571 g/mol. The van der Waals surface area contributed by atoms with E-state index in [4.69, 9.17) is 23.2 Å². The van der Waals surface area contributed by atoms with E-state index < -0.39 is 38.8 Å². The van der Waals surface area contributed by atoms with Crippen molar-refractivity contribution in [2.45, 2.75) is 11.1 Å². The molecule has 36 heavy (non-hydrogen) atoms. The van der Waals surface area contributed by atoms with Gasteiger partial charge in [-0.3, -0.25) is 4.79 Å². The fraction of sp³-hybridized carbons (Fsp3) is 0.0952. The van der Waals surface area contributed by atoms with Crippen LogP contribution in [-0.4, -0.2) is 31.0 Å². The van der Waals surface area contributed by atoms with Gasteiger partial charge in [0, 0.05) is 18.4 Å². The van der Waals surface area contributed by atoms with Crippen molar-refractivity contribution in [1.29, 1.82) is 0 Å². The molecule has 2 heterocycles. The SMILES string of the molecule is CNc1ccc2c(=O)n(-c3c(F)cc(NC(=O)NS(=O)(=O)c4cc(C)c(Cl)s4)cc3Cl)c(=O)[nH]c2c1. The van der Waals surface area contributed by atoms with E-state index in [1.165, 1.54) is 12.1 Å². The average molecular weight is 572 g/mol. The van der Waals surface area contributed by atoms with Gasteiger partial charge in [0.15, 0.2) is 5.82 Å². The smallest absolute Gasteiger partial charge is 0.333 e. The van der Waals surface area contributed by atoms with E-state index in [0.29, 0.717) is 15.8 Å². The fourth-order valence-electron chi connectivity index (χ4n) is 3.32. The van der Waals surface area contributed by atoms with E-state index >= 15 is 4.39 Å². The molecular formula is C21H16Cl2FN5O5S2. The number of amides is 2. The maximum absolute atomic E-state index is 15.1. The minimum Gasteiger partial charge on any atom is -0.388 e. The van der Waals surface area contributed by atoms with Gasteiger partial charge < -0.3 is 15.6 Å². The largest absolute Gasteiger partial charge is 0.388 e. The molecular weight excluding hydrogens is 556 g/mol. The lowest BCUT2D eigenvalue weighted by atomic mass is 10.2. The van der Waals surface area contributed by atoms with Crippen molar-refractivity contribution in [2.24, 2.45) is 0 Å². The summed E-state index contributed by atoms with van der Waals surface area (Å²) in [6, 6.07) is 6.58. The van der Waals surface area contributed by atoms with Crippen LogP contribution in [0.25, 0.3) is 16.6 Å². The number of halogens is 3. The zero-order valence-corrected chi connectivity index (χ0v) is 21.5. The number of urea groups is 1. The van der Waals surface area contributed by atoms with Gasteiger partial charge in [0.2, 0.25) is 0 Å². The van der Waals surface area contributed by atoms with Crippen LogP contribution in [0.5, 0.6) is 0 Å². The maximum Gasteiger partial charge on any atom is 0.333 e. The highest BCUT2D eigenvalue weighted by molar-refractivity contribution is 7.92. The minimum atomic E-state index is -4.24. The zero-order chi connectivity index (χ0) is 26.4. The summed E-state index contributed by atoms with van der Waals surface area (Å²) < 4.78 is 42.2. The molecule has 0 unspecified atom stereocenters. The number of hydrogen-bond acceptors (Lipinski definition) is 7. The van der Waals surface area contributed by atoms with Gasteiger partial charge >= 0.3 is 11.7 Å². The first kappa shape index (κ1) is 25.7. The Morgan fingerprint density at radius 3 is 2.44 bits per heavy atom. The molecule has 0 atom stereocenters.